The van der Waals surface area contributed by atoms with Gasteiger partial charge in [-0.05, 0) is 49.4 Å². The van der Waals surface area contributed by atoms with Gasteiger partial charge in [-0.2, -0.15) is 0 Å². The highest BCUT2D eigenvalue weighted by atomic mass is 127. The lowest BCUT2D eigenvalue weighted by Crippen LogP contribution is -2.24. The van der Waals surface area contributed by atoms with E-state index in [0.717, 1.165) is 0 Å². The van der Waals surface area contributed by atoms with Crippen LogP contribution in [-0.2, 0) is 4.74 Å². The van der Waals surface area contributed by atoms with Gasteiger partial charge in [0.2, 0.25) is 5.88 Å². The molecule has 0 unspecified atom stereocenters. The molecule has 1 rings (SSSR count). The van der Waals surface area contributed by atoms with Crippen LogP contribution < -0.4 is 4.74 Å². The average Bonchev–Trinajstić information content (AvgIpc) is 2.15. The summed E-state index contributed by atoms with van der Waals surface area (Å²) in [7, 11) is 1.52. The summed E-state index contributed by atoms with van der Waals surface area (Å²) in [4.78, 5) is 15.8. The quantitative estimate of drug-likeness (QED) is 0.616. The van der Waals surface area contributed by atoms with Crippen molar-refractivity contribution in [3.8, 4) is 5.88 Å². The second-order valence-electron chi connectivity index (χ2n) is 4.18. The zero-order valence-corrected chi connectivity index (χ0v) is 11.9. The topological polar surface area (TPSA) is 48.4 Å². The van der Waals surface area contributed by atoms with Crippen LogP contribution in [-0.4, -0.2) is 23.7 Å². The molecule has 0 bridgehead atoms. The van der Waals surface area contributed by atoms with E-state index in [1.807, 2.05) is 43.4 Å². The third kappa shape index (κ3) is 3.33. The second kappa shape index (κ2) is 4.99. The highest BCUT2D eigenvalue weighted by Gasteiger charge is 2.21. The maximum atomic E-state index is 11.8. The maximum absolute atomic E-state index is 11.8. The average molecular weight is 335 g/mol. The van der Waals surface area contributed by atoms with E-state index in [4.69, 9.17) is 9.47 Å². The summed E-state index contributed by atoms with van der Waals surface area (Å²) in [6.45, 7) is 5.49. The zero-order chi connectivity index (χ0) is 12.3. The first-order valence-corrected chi connectivity index (χ1v) is 5.85. The first-order valence-electron chi connectivity index (χ1n) is 4.77. The van der Waals surface area contributed by atoms with E-state index in [-0.39, 0.29) is 5.97 Å². The van der Waals surface area contributed by atoms with Crippen LogP contribution in [0.1, 0.15) is 31.1 Å². The minimum Gasteiger partial charge on any atom is -0.480 e. The molecule has 0 amide bonds. The van der Waals surface area contributed by atoms with E-state index < -0.39 is 5.60 Å². The number of carbonyl (C=O) groups is 1. The van der Waals surface area contributed by atoms with Crippen molar-refractivity contribution in [2.45, 2.75) is 26.4 Å². The van der Waals surface area contributed by atoms with Crippen molar-refractivity contribution < 1.29 is 14.3 Å². The predicted octanol–water partition coefficient (Wildman–Crippen LogP) is 2.65. The van der Waals surface area contributed by atoms with Gasteiger partial charge in [0.05, 0.1) is 16.2 Å². The molecule has 0 aromatic carbocycles. The zero-order valence-electron chi connectivity index (χ0n) is 9.70. The summed E-state index contributed by atoms with van der Waals surface area (Å²) >= 11 is 2.02. The number of rotatable bonds is 2. The fourth-order valence-electron chi connectivity index (χ4n) is 1.06. The Morgan fingerprint density at radius 3 is 2.56 bits per heavy atom. The standard InChI is InChI=1S/C11H14INO3/c1-11(2,3)16-10(14)7-5-6-13-9(15-4)8(7)12/h5-6H,1-4H3. The molecule has 1 heterocycles. The predicted molar refractivity (Wildman–Crippen MR) is 68.7 cm³/mol. The Labute approximate surface area is 108 Å². The van der Waals surface area contributed by atoms with Crippen molar-refractivity contribution in [2.24, 2.45) is 0 Å². The molecular weight excluding hydrogens is 321 g/mol. The fraction of sp³-hybridized carbons (Fsp3) is 0.455. The lowest BCUT2D eigenvalue weighted by atomic mass is 10.2. The molecular formula is C11H14INO3. The highest BCUT2D eigenvalue weighted by Crippen LogP contribution is 2.23. The van der Waals surface area contributed by atoms with E-state index >= 15 is 0 Å². The molecule has 5 heteroatoms. The molecule has 0 saturated heterocycles. The molecule has 0 radical (unpaired) electrons. The van der Waals surface area contributed by atoms with Crippen LogP contribution in [0.5, 0.6) is 5.88 Å². The van der Waals surface area contributed by atoms with E-state index in [2.05, 4.69) is 4.98 Å². The fourth-order valence-corrected chi connectivity index (χ4v) is 1.82. The molecule has 4 nitrogen and oxygen atoms in total. The molecule has 0 aliphatic carbocycles. The third-order valence-corrected chi connectivity index (χ3v) is 2.71. The van der Waals surface area contributed by atoms with Crippen molar-refractivity contribution >= 4 is 28.6 Å². The highest BCUT2D eigenvalue weighted by molar-refractivity contribution is 14.1. The molecule has 0 saturated carbocycles. The molecule has 16 heavy (non-hydrogen) atoms. The van der Waals surface area contributed by atoms with Gasteiger partial charge in [-0.1, -0.05) is 0 Å². The first kappa shape index (κ1) is 13.2. The van der Waals surface area contributed by atoms with Crippen molar-refractivity contribution in [1.29, 1.82) is 0 Å². The van der Waals surface area contributed by atoms with E-state index in [9.17, 15) is 4.79 Å². The van der Waals surface area contributed by atoms with Crippen LogP contribution in [0.4, 0.5) is 0 Å². The minimum absolute atomic E-state index is 0.363. The van der Waals surface area contributed by atoms with Crippen molar-refractivity contribution in [1.82, 2.24) is 4.98 Å². The number of aromatic nitrogens is 1. The van der Waals surface area contributed by atoms with Gasteiger partial charge in [0.15, 0.2) is 0 Å². The molecule has 0 spiro atoms. The van der Waals surface area contributed by atoms with Gasteiger partial charge < -0.3 is 9.47 Å². The molecule has 88 valence electrons. The van der Waals surface area contributed by atoms with Gasteiger partial charge in [-0.3, -0.25) is 0 Å². The van der Waals surface area contributed by atoms with Crippen LogP contribution in [0.2, 0.25) is 0 Å². The summed E-state index contributed by atoms with van der Waals surface area (Å²) in [6.07, 6.45) is 1.53. The first-order chi connectivity index (χ1) is 7.35. The van der Waals surface area contributed by atoms with Crippen LogP contribution >= 0.6 is 22.6 Å². The van der Waals surface area contributed by atoms with Crippen LogP contribution in [0.3, 0.4) is 0 Å². The third-order valence-electron chi connectivity index (χ3n) is 1.67. The molecule has 0 fully saturated rings. The minimum atomic E-state index is -0.503. The number of halogens is 1. The number of pyridine rings is 1. The second-order valence-corrected chi connectivity index (χ2v) is 5.26. The number of hydrogen-bond donors (Lipinski definition) is 0. The Bertz CT molecular complexity index is 399. The van der Waals surface area contributed by atoms with Crippen molar-refractivity contribution in [2.75, 3.05) is 7.11 Å². The Morgan fingerprint density at radius 2 is 2.06 bits per heavy atom. The SMILES string of the molecule is COc1nccc(C(=O)OC(C)(C)C)c1I. The van der Waals surface area contributed by atoms with Gasteiger partial charge in [0.1, 0.15) is 5.60 Å². The Hall–Kier alpha value is -0.850. The Balaban J connectivity index is 3.01. The number of carbonyl (C=O) groups excluding carboxylic acids is 1. The Morgan fingerprint density at radius 1 is 1.44 bits per heavy atom. The number of nitrogens with zero attached hydrogens (tertiary/aromatic N) is 1. The number of ether oxygens (including phenoxy) is 2. The smallest absolute Gasteiger partial charge is 0.339 e. The van der Waals surface area contributed by atoms with Crippen LogP contribution in [0, 0.1) is 3.57 Å². The number of hydrogen-bond acceptors (Lipinski definition) is 4. The van der Waals surface area contributed by atoms with Crippen molar-refractivity contribution in [3.05, 3.63) is 21.4 Å². The van der Waals surface area contributed by atoms with E-state index in [1.165, 1.54) is 13.3 Å². The summed E-state index contributed by atoms with van der Waals surface area (Å²) in [6, 6.07) is 1.62. The number of esters is 1. The lowest BCUT2D eigenvalue weighted by molar-refractivity contribution is 0.00677. The van der Waals surface area contributed by atoms with Gasteiger partial charge in [-0.25, -0.2) is 9.78 Å². The van der Waals surface area contributed by atoms with E-state index in [1.54, 1.807) is 6.07 Å². The largest absolute Gasteiger partial charge is 0.480 e. The van der Waals surface area contributed by atoms with Crippen LogP contribution in [0.25, 0.3) is 0 Å². The Kier molecular flexibility index (Phi) is 4.12. The summed E-state index contributed by atoms with van der Waals surface area (Å²) in [5, 5.41) is 0. The normalized spacial score (nSPS) is 11.1. The molecule has 1 aromatic heterocycles. The van der Waals surface area contributed by atoms with Crippen LogP contribution in [0.15, 0.2) is 12.3 Å². The van der Waals surface area contributed by atoms with E-state index in [0.29, 0.717) is 15.0 Å². The molecule has 1 aromatic rings. The van der Waals surface area contributed by atoms with Crippen molar-refractivity contribution in [3.63, 3.8) is 0 Å². The summed E-state index contributed by atoms with van der Waals surface area (Å²) in [5.41, 5.74) is -0.0289. The van der Waals surface area contributed by atoms with Gasteiger partial charge in [0, 0.05) is 6.20 Å². The van der Waals surface area contributed by atoms with Gasteiger partial charge in [-0.15, -0.1) is 0 Å². The molecule has 0 atom stereocenters. The summed E-state index contributed by atoms with van der Waals surface area (Å²) < 4.78 is 11.0. The monoisotopic (exact) mass is 335 g/mol. The summed E-state index contributed by atoms with van der Waals surface area (Å²) in [5.74, 6) is 0.0709. The molecule has 0 N–H and O–H groups in total. The maximum Gasteiger partial charge on any atom is 0.339 e. The van der Waals surface area contributed by atoms with Gasteiger partial charge in [0.25, 0.3) is 0 Å². The molecule has 0 aliphatic rings. The lowest BCUT2D eigenvalue weighted by Gasteiger charge is -2.20. The molecule has 0 aliphatic heterocycles. The number of methoxy groups -OCH3 is 1. The van der Waals surface area contributed by atoms with Gasteiger partial charge >= 0.3 is 5.97 Å².